The van der Waals surface area contributed by atoms with Crippen molar-refractivity contribution >= 4 is 35.1 Å². The normalized spacial score (nSPS) is 19.0. The fraction of sp³-hybridized carbons (Fsp3) is 0.259. The molecule has 1 fully saturated rings. The van der Waals surface area contributed by atoms with Crippen LogP contribution in [0.4, 0.5) is 16.2 Å². The van der Waals surface area contributed by atoms with Crippen LogP contribution in [-0.4, -0.2) is 36.2 Å². The van der Waals surface area contributed by atoms with E-state index in [1.165, 1.54) is 11.8 Å². The van der Waals surface area contributed by atoms with Crippen molar-refractivity contribution in [2.24, 2.45) is 0 Å². The minimum Gasteiger partial charge on any atom is -0.497 e. The lowest BCUT2D eigenvalue weighted by Crippen LogP contribution is -2.51. The van der Waals surface area contributed by atoms with Gasteiger partial charge in [-0.15, -0.1) is 11.8 Å². The highest BCUT2D eigenvalue weighted by molar-refractivity contribution is 8.01. The van der Waals surface area contributed by atoms with Gasteiger partial charge >= 0.3 is 6.03 Å². The molecule has 2 aliphatic heterocycles. The van der Waals surface area contributed by atoms with Gasteiger partial charge in [-0.25, -0.2) is 4.79 Å². The fourth-order valence-corrected chi connectivity index (χ4v) is 6.20. The van der Waals surface area contributed by atoms with Crippen LogP contribution in [0.15, 0.2) is 66.7 Å². The Hall–Kier alpha value is -3.45. The summed E-state index contributed by atoms with van der Waals surface area (Å²) >= 11 is 1.54. The highest BCUT2D eigenvalue weighted by Crippen LogP contribution is 2.54. The van der Waals surface area contributed by atoms with E-state index in [0.29, 0.717) is 30.3 Å². The Morgan fingerprint density at radius 2 is 1.82 bits per heavy atom. The highest BCUT2D eigenvalue weighted by atomic mass is 32.2. The molecule has 5 rings (SSSR count). The van der Waals surface area contributed by atoms with Crippen LogP contribution >= 0.6 is 11.8 Å². The fourth-order valence-electron chi connectivity index (χ4n) is 4.74. The standard InChI is InChI=1S/C27H27N3O3S/c1-18-5-4-6-20(15-18)17-29-24-12-7-19(2)16-23(24)27(25(29)31)30(13-14-34-27)26(32)28-21-8-10-22(33-3)11-9-21/h4-12,15-16H,13-14,17H2,1-3H3,(H,28,32). The van der Waals surface area contributed by atoms with E-state index in [1.807, 2.05) is 49.1 Å². The monoisotopic (exact) mass is 473 g/mol. The van der Waals surface area contributed by atoms with Crippen LogP contribution in [0, 0.1) is 13.8 Å². The SMILES string of the molecule is COc1ccc(NC(=O)N2CCSC23C(=O)N(Cc2cccc(C)c2)c2ccc(C)cc23)cc1. The maximum Gasteiger partial charge on any atom is 0.323 e. The number of ether oxygens (including phenoxy) is 1. The molecular formula is C27H27N3O3S. The van der Waals surface area contributed by atoms with Crippen LogP contribution in [0.1, 0.15) is 22.3 Å². The number of anilines is 2. The third kappa shape index (κ3) is 3.70. The molecule has 174 valence electrons. The van der Waals surface area contributed by atoms with Gasteiger partial charge in [-0.3, -0.25) is 9.69 Å². The summed E-state index contributed by atoms with van der Waals surface area (Å²) in [4.78, 5) is 30.0. The Kier molecular flexibility index (Phi) is 5.73. The second-order valence-electron chi connectivity index (χ2n) is 8.70. The smallest absolute Gasteiger partial charge is 0.323 e. The van der Waals surface area contributed by atoms with Gasteiger partial charge in [0.1, 0.15) is 5.75 Å². The first-order valence-corrected chi connectivity index (χ1v) is 12.3. The van der Waals surface area contributed by atoms with Gasteiger partial charge in [0.25, 0.3) is 5.91 Å². The number of amides is 3. The number of urea groups is 1. The van der Waals surface area contributed by atoms with Crippen LogP contribution in [-0.2, 0) is 16.2 Å². The second kappa shape index (κ2) is 8.72. The number of thioether (sulfide) groups is 1. The lowest BCUT2D eigenvalue weighted by molar-refractivity contribution is -0.123. The molecule has 3 aromatic rings. The molecule has 3 aromatic carbocycles. The summed E-state index contributed by atoms with van der Waals surface area (Å²) in [6.07, 6.45) is 0. The molecule has 1 atom stereocenters. The van der Waals surface area contributed by atoms with Gasteiger partial charge in [-0.05, 0) is 49.7 Å². The van der Waals surface area contributed by atoms with Crippen molar-refractivity contribution in [1.29, 1.82) is 0 Å². The Labute approximate surface area is 203 Å². The molecule has 6 nitrogen and oxygen atoms in total. The average molecular weight is 474 g/mol. The van der Waals surface area contributed by atoms with Crippen LogP contribution in [0.3, 0.4) is 0 Å². The summed E-state index contributed by atoms with van der Waals surface area (Å²) in [6, 6.07) is 21.2. The quantitative estimate of drug-likeness (QED) is 0.559. The van der Waals surface area contributed by atoms with E-state index in [0.717, 1.165) is 27.9 Å². The zero-order valence-electron chi connectivity index (χ0n) is 19.5. The lowest BCUT2D eigenvalue weighted by atomic mass is 10.0. The molecule has 3 amide bonds. The molecule has 0 aliphatic carbocycles. The number of hydrogen-bond donors (Lipinski definition) is 1. The van der Waals surface area contributed by atoms with Gasteiger partial charge in [-0.2, -0.15) is 0 Å². The molecule has 0 aromatic heterocycles. The van der Waals surface area contributed by atoms with Crippen molar-refractivity contribution in [2.75, 3.05) is 29.6 Å². The first-order chi connectivity index (χ1) is 16.4. The van der Waals surface area contributed by atoms with E-state index >= 15 is 0 Å². The maximum absolute atomic E-state index is 14.1. The first kappa shape index (κ1) is 22.3. The van der Waals surface area contributed by atoms with E-state index in [2.05, 4.69) is 17.4 Å². The van der Waals surface area contributed by atoms with Crippen molar-refractivity contribution in [3.8, 4) is 5.75 Å². The zero-order valence-corrected chi connectivity index (χ0v) is 20.3. The van der Waals surface area contributed by atoms with Gasteiger partial charge < -0.3 is 15.0 Å². The highest BCUT2D eigenvalue weighted by Gasteiger charge is 2.59. The predicted octanol–water partition coefficient (Wildman–Crippen LogP) is 5.29. The number of methoxy groups -OCH3 is 1. The molecule has 2 heterocycles. The number of rotatable bonds is 4. The summed E-state index contributed by atoms with van der Waals surface area (Å²) in [5.74, 6) is 1.34. The minimum atomic E-state index is -1.07. The average Bonchev–Trinajstić information content (AvgIpc) is 3.37. The third-order valence-corrected chi connectivity index (χ3v) is 7.78. The molecule has 34 heavy (non-hydrogen) atoms. The van der Waals surface area contributed by atoms with E-state index in [9.17, 15) is 9.59 Å². The molecule has 1 N–H and O–H groups in total. The van der Waals surface area contributed by atoms with Crippen LogP contribution in [0.25, 0.3) is 0 Å². The first-order valence-electron chi connectivity index (χ1n) is 11.3. The van der Waals surface area contributed by atoms with Crippen molar-refractivity contribution in [1.82, 2.24) is 4.90 Å². The topological polar surface area (TPSA) is 61.9 Å². The zero-order chi connectivity index (χ0) is 23.9. The van der Waals surface area contributed by atoms with Gasteiger partial charge in [0.2, 0.25) is 0 Å². The van der Waals surface area contributed by atoms with Crippen molar-refractivity contribution < 1.29 is 14.3 Å². The van der Waals surface area contributed by atoms with E-state index in [-0.39, 0.29) is 11.9 Å². The summed E-state index contributed by atoms with van der Waals surface area (Å²) in [6.45, 7) is 5.02. The summed E-state index contributed by atoms with van der Waals surface area (Å²) in [7, 11) is 1.60. The Balaban J connectivity index is 1.50. The molecule has 1 unspecified atom stereocenters. The maximum atomic E-state index is 14.1. The molecule has 0 bridgehead atoms. The Morgan fingerprint density at radius 3 is 2.56 bits per heavy atom. The molecule has 1 saturated heterocycles. The van der Waals surface area contributed by atoms with E-state index < -0.39 is 4.87 Å². The number of nitrogens with one attached hydrogen (secondary N) is 1. The van der Waals surface area contributed by atoms with Crippen LogP contribution in [0.5, 0.6) is 5.75 Å². The number of aryl methyl sites for hydroxylation is 2. The Morgan fingerprint density at radius 1 is 1.06 bits per heavy atom. The molecule has 2 aliphatic rings. The van der Waals surface area contributed by atoms with Gasteiger partial charge in [-0.1, -0.05) is 47.5 Å². The van der Waals surface area contributed by atoms with E-state index in [1.54, 1.807) is 36.3 Å². The molecule has 7 heteroatoms. The van der Waals surface area contributed by atoms with Crippen LogP contribution < -0.4 is 15.0 Å². The number of hydrogen-bond acceptors (Lipinski definition) is 4. The van der Waals surface area contributed by atoms with Crippen LogP contribution in [0.2, 0.25) is 0 Å². The summed E-state index contributed by atoms with van der Waals surface area (Å²) in [5, 5.41) is 2.97. The van der Waals surface area contributed by atoms with Gasteiger partial charge in [0, 0.05) is 23.5 Å². The molecule has 0 saturated carbocycles. The number of nitrogens with zero attached hydrogens (tertiary/aromatic N) is 2. The van der Waals surface area contributed by atoms with Crippen molar-refractivity contribution in [3.05, 3.63) is 89.0 Å². The van der Waals surface area contributed by atoms with Crippen molar-refractivity contribution in [3.63, 3.8) is 0 Å². The largest absolute Gasteiger partial charge is 0.497 e. The molecule has 1 spiro atoms. The second-order valence-corrected chi connectivity index (χ2v) is 9.99. The molecular weight excluding hydrogens is 446 g/mol. The number of carbonyl (C=O) groups is 2. The summed E-state index contributed by atoms with van der Waals surface area (Å²) < 4.78 is 5.21. The Bertz CT molecular complexity index is 1260. The molecule has 0 radical (unpaired) electrons. The van der Waals surface area contributed by atoms with Gasteiger partial charge in [0.05, 0.1) is 19.3 Å². The summed E-state index contributed by atoms with van der Waals surface area (Å²) in [5.41, 5.74) is 5.69. The third-order valence-electron chi connectivity index (χ3n) is 6.36. The van der Waals surface area contributed by atoms with Crippen molar-refractivity contribution in [2.45, 2.75) is 25.3 Å². The number of carbonyl (C=O) groups excluding carboxylic acids is 2. The number of benzene rings is 3. The predicted molar refractivity (Wildman–Crippen MR) is 136 cm³/mol. The number of fused-ring (bicyclic) bond motifs is 2. The van der Waals surface area contributed by atoms with E-state index in [4.69, 9.17) is 4.74 Å². The lowest BCUT2D eigenvalue weighted by Gasteiger charge is -2.33. The van der Waals surface area contributed by atoms with Gasteiger partial charge in [0.15, 0.2) is 4.87 Å². The minimum absolute atomic E-state index is 0.0676.